The highest BCUT2D eigenvalue weighted by atomic mass is 79.9. The van der Waals surface area contributed by atoms with Crippen LogP contribution in [0.25, 0.3) is 0 Å². The van der Waals surface area contributed by atoms with Gasteiger partial charge in [-0.15, -0.1) is 0 Å². The minimum atomic E-state index is -4.51. The van der Waals surface area contributed by atoms with Crippen molar-refractivity contribution in [1.82, 2.24) is 9.97 Å². The molecule has 1 aromatic carbocycles. The second-order valence-corrected chi connectivity index (χ2v) is 5.96. The Balaban J connectivity index is 1.94. The van der Waals surface area contributed by atoms with Crippen LogP contribution in [-0.2, 0) is 6.18 Å². The normalized spacial score (nSPS) is 12.8. The van der Waals surface area contributed by atoms with E-state index in [0.717, 1.165) is 6.07 Å². The maximum atomic E-state index is 12.9. The quantitative estimate of drug-likeness (QED) is 0.799. The lowest BCUT2D eigenvalue weighted by Crippen LogP contribution is -2.34. The number of aromatic nitrogens is 2. The molecular weight excluding hydrogens is 391 g/mol. The van der Waals surface area contributed by atoms with Gasteiger partial charge in [-0.1, -0.05) is 12.1 Å². The Kier molecular flexibility index (Phi) is 6.00. The van der Waals surface area contributed by atoms with Gasteiger partial charge in [-0.3, -0.25) is 0 Å². The molecule has 1 atom stereocenters. The molecule has 0 aliphatic rings. The van der Waals surface area contributed by atoms with E-state index in [4.69, 9.17) is 4.74 Å². The Morgan fingerprint density at radius 3 is 2.50 bits per heavy atom. The molecule has 2 rings (SSSR count). The summed E-state index contributed by atoms with van der Waals surface area (Å²) in [6.07, 6.45) is -2.41. The van der Waals surface area contributed by atoms with Crippen molar-refractivity contribution in [1.29, 1.82) is 0 Å². The van der Waals surface area contributed by atoms with E-state index in [1.807, 2.05) is 0 Å². The van der Waals surface area contributed by atoms with Crippen LogP contribution in [0.1, 0.15) is 5.56 Å². The smallest absolute Gasteiger partial charge is 0.419 e. The third-order valence-corrected chi connectivity index (χ3v) is 3.47. The number of hydrogen-bond acceptors (Lipinski definition) is 5. The van der Waals surface area contributed by atoms with E-state index in [9.17, 15) is 18.3 Å². The number of rotatable bonds is 6. The lowest BCUT2D eigenvalue weighted by molar-refractivity contribution is -0.139. The first-order chi connectivity index (χ1) is 11.3. The fourth-order valence-electron chi connectivity index (χ4n) is 1.97. The van der Waals surface area contributed by atoms with E-state index < -0.39 is 17.8 Å². The highest BCUT2D eigenvalue weighted by Gasteiger charge is 2.34. The summed E-state index contributed by atoms with van der Waals surface area (Å²) in [5.41, 5.74) is -0.873. The summed E-state index contributed by atoms with van der Waals surface area (Å²) in [7, 11) is 1.66. The highest BCUT2D eigenvalue weighted by molar-refractivity contribution is 9.10. The lowest BCUT2D eigenvalue weighted by Gasteiger charge is -2.21. The predicted octanol–water partition coefficient (Wildman–Crippen LogP) is 3.13. The lowest BCUT2D eigenvalue weighted by atomic mass is 10.2. The molecule has 0 saturated carbocycles. The number of ether oxygens (including phenoxy) is 1. The molecule has 24 heavy (non-hydrogen) atoms. The molecule has 0 aliphatic carbocycles. The molecule has 1 N–H and O–H groups in total. The molecule has 0 fully saturated rings. The first-order valence-electron chi connectivity index (χ1n) is 6.93. The van der Waals surface area contributed by atoms with E-state index in [-0.39, 0.29) is 18.9 Å². The van der Waals surface area contributed by atoms with Gasteiger partial charge < -0.3 is 14.7 Å². The topological polar surface area (TPSA) is 58.5 Å². The summed E-state index contributed by atoms with van der Waals surface area (Å²) in [6, 6.07) is 4.88. The number of likely N-dealkylation sites (N-methyl/N-ethyl adjacent to an activating group) is 1. The van der Waals surface area contributed by atoms with Crippen LogP contribution in [0.15, 0.2) is 41.1 Å². The van der Waals surface area contributed by atoms with Crippen molar-refractivity contribution < 1.29 is 23.0 Å². The zero-order valence-electron chi connectivity index (χ0n) is 12.7. The minimum absolute atomic E-state index is 0.107. The van der Waals surface area contributed by atoms with Crippen molar-refractivity contribution in [2.75, 3.05) is 25.1 Å². The maximum absolute atomic E-state index is 12.9. The Bertz CT molecular complexity index is 668. The Morgan fingerprint density at radius 1 is 1.25 bits per heavy atom. The van der Waals surface area contributed by atoms with Gasteiger partial charge in [0.1, 0.15) is 18.5 Å². The molecule has 0 spiro atoms. The van der Waals surface area contributed by atoms with Crippen LogP contribution in [0.5, 0.6) is 5.75 Å². The Hall–Kier alpha value is -1.87. The van der Waals surface area contributed by atoms with Crippen LogP contribution < -0.4 is 9.64 Å². The second-order valence-electron chi connectivity index (χ2n) is 5.04. The minimum Gasteiger partial charge on any atom is -0.490 e. The monoisotopic (exact) mass is 405 g/mol. The van der Waals surface area contributed by atoms with Crippen molar-refractivity contribution >= 4 is 21.9 Å². The second kappa shape index (κ2) is 7.80. The van der Waals surface area contributed by atoms with Crippen molar-refractivity contribution in [3.63, 3.8) is 0 Å². The van der Waals surface area contributed by atoms with Gasteiger partial charge >= 0.3 is 6.18 Å². The van der Waals surface area contributed by atoms with Crippen LogP contribution in [0.3, 0.4) is 0 Å². The number of aliphatic hydroxyl groups excluding tert-OH is 1. The third-order valence-electron chi connectivity index (χ3n) is 3.06. The molecule has 0 aliphatic heterocycles. The van der Waals surface area contributed by atoms with Crippen molar-refractivity contribution in [3.8, 4) is 5.75 Å². The largest absolute Gasteiger partial charge is 0.490 e. The molecule has 0 amide bonds. The fraction of sp³-hybridized carbons (Fsp3) is 0.333. The summed E-state index contributed by atoms with van der Waals surface area (Å²) in [6.45, 7) is -0.177. The molecule has 0 saturated heterocycles. The van der Waals surface area contributed by atoms with Gasteiger partial charge in [0.25, 0.3) is 0 Å². The molecule has 0 bridgehead atoms. The number of halogens is 4. The molecule has 130 valence electrons. The van der Waals surface area contributed by atoms with E-state index in [1.165, 1.54) is 18.2 Å². The number of hydrogen-bond donors (Lipinski definition) is 1. The average Bonchev–Trinajstić information content (AvgIpc) is 2.53. The SMILES string of the molecule is CN(C[C@H](O)COc1ccccc1C(F)(F)F)c1ncc(Br)cn1. The van der Waals surface area contributed by atoms with Crippen molar-refractivity contribution in [3.05, 3.63) is 46.7 Å². The Morgan fingerprint density at radius 2 is 1.88 bits per heavy atom. The van der Waals surface area contributed by atoms with Crippen LogP contribution in [0.2, 0.25) is 0 Å². The number of para-hydroxylation sites is 1. The summed E-state index contributed by atoms with van der Waals surface area (Å²) in [5.74, 6) is 0.0690. The number of anilines is 1. The zero-order chi connectivity index (χ0) is 17.7. The molecule has 2 aromatic rings. The average molecular weight is 406 g/mol. The first-order valence-corrected chi connectivity index (χ1v) is 7.72. The molecule has 5 nitrogen and oxygen atoms in total. The molecule has 9 heteroatoms. The molecule has 0 unspecified atom stereocenters. The number of benzene rings is 1. The zero-order valence-corrected chi connectivity index (χ0v) is 14.3. The predicted molar refractivity (Wildman–Crippen MR) is 85.9 cm³/mol. The molecular formula is C15H15BrF3N3O2. The summed E-state index contributed by atoms with van der Waals surface area (Å²) in [4.78, 5) is 9.71. The highest BCUT2D eigenvalue weighted by Crippen LogP contribution is 2.35. The molecule has 0 radical (unpaired) electrons. The first kappa shape index (κ1) is 18.5. The Labute approximate surface area is 145 Å². The van der Waals surface area contributed by atoms with E-state index in [0.29, 0.717) is 10.4 Å². The van der Waals surface area contributed by atoms with Crippen LogP contribution in [0, 0.1) is 0 Å². The van der Waals surface area contributed by atoms with E-state index in [2.05, 4.69) is 25.9 Å². The van der Waals surface area contributed by atoms with Gasteiger partial charge in [-0.25, -0.2) is 9.97 Å². The van der Waals surface area contributed by atoms with E-state index >= 15 is 0 Å². The summed E-state index contributed by atoms with van der Waals surface area (Å²) < 4.78 is 44.4. The van der Waals surface area contributed by atoms with Gasteiger partial charge in [-0.05, 0) is 28.1 Å². The number of nitrogens with zero attached hydrogens (tertiary/aromatic N) is 3. The van der Waals surface area contributed by atoms with Crippen molar-refractivity contribution in [2.24, 2.45) is 0 Å². The molecule has 1 aromatic heterocycles. The van der Waals surface area contributed by atoms with Gasteiger partial charge in [0.05, 0.1) is 10.0 Å². The summed E-state index contributed by atoms with van der Waals surface area (Å²) >= 11 is 3.21. The molecule has 1 heterocycles. The van der Waals surface area contributed by atoms with Crippen LogP contribution in [0.4, 0.5) is 19.1 Å². The van der Waals surface area contributed by atoms with Gasteiger partial charge in [-0.2, -0.15) is 13.2 Å². The van der Waals surface area contributed by atoms with Gasteiger partial charge in [0, 0.05) is 26.0 Å². The van der Waals surface area contributed by atoms with Crippen molar-refractivity contribution in [2.45, 2.75) is 12.3 Å². The number of alkyl halides is 3. The van der Waals surface area contributed by atoms with Crippen LogP contribution >= 0.6 is 15.9 Å². The summed E-state index contributed by atoms with van der Waals surface area (Å²) in [5, 5.41) is 9.98. The standard InChI is InChI=1S/C15H15BrF3N3O2/c1-22(14-20-6-10(16)7-21-14)8-11(23)9-24-13-5-3-2-4-12(13)15(17,18)19/h2-7,11,23H,8-9H2,1H3/t11-/m0/s1. The van der Waals surface area contributed by atoms with Gasteiger partial charge in [0.15, 0.2) is 0 Å². The maximum Gasteiger partial charge on any atom is 0.419 e. The van der Waals surface area contributed by atoms with Gasteiger partial charge in [0.2, 0.25) is 5.95 Å². The van der Waals surface area contributed by atoms with Crippen LogP contribution in [-0.4, -0.2) is 41.4 Å². The third kappa shape index (κ3) is 5.07. The number of aliphatic hydroxyl groups is 1. The van der Waals surface area contributed by atoms with E-state index in [1.54, 1.807) is 24.3 Å². The fourth-order valence-corrected chi connectivity index (χ4v) is 2.17.